The van der Waals surface area contributed by atoms with E-state index in [2.05, 4.69) is 137 Å². The van der Waals surface area contributed by atoms with Crippen molar-refractivity contribution in [2.75, 3.05) is 0 Å². The van der Waals surface area contributed by atoms with Crippen LogP contribution in [0.15, 0.2) is 152 Å². The molecule has 0 N–H and O–H groups in total. The molecule has 0 radical (unpaired) electrons. The summed E-state index contributed by atoms with van der Waals surface area (Å²) in [7, 11) is 0. The van der Waals surface area contributed by atoms with E-state index in [4.69, 9.17) is 0 Å². The summed E-state index contributed by atoms with van der Waals surface area (Å²) in [6.45, 7) is 2.22. The van der Waals surface area contributed by atoms with Gasteiger partial charge in [0.05, 0.1) is 51.0 Å². The third-order valence-electron chi connectivity index (χ3n) is 9.97. The van der Waals surface area contributed by atoms with Crippen molar-refractivity contribution in [3.8, 4) is 45.8 Å². The summed E-state index contributed by atoms with van der Waals surface area (Å²) in [6.07, 6.45) is 0.881. The van der Waals surface area contributed by atoms with Crippen LogP contribution >= 0.6 is 0 Å². The Kier molecular flexibility index (Phi) is 6.83. The van der Waals surface area contributed by atoms with Crippen molar-refractivity contribution in [2.24, 2.45) is 0 Å². The molecule has 4 heteroatoms. The number of aryl methyl sites for hydroxylation is 1. The van der Waals surface area contributed by atoms with Crippen molar-refractivity contribution in [2.45, 2.75) is 13.3 Å². The maximum absolute atomic E-state index is 10.4. The molecule has 0 unspecified atom stereocenters. The lowest BCUT2D eigenvalue weighted by molar-refractivity contribution is 1.07. The molecule has 0 aliphatic heterocycles. The van der Waals surface area contributed by atoms with Crippen LogP contribution in [0, 0.1) is 22.7 Å². The Hall–Kier alpha value is -6.88. The average molecular weight is 639 g/mol. The second kappa shape index (κ2) is 11.7. The Labute approximate surface area is 289 Å². The number of nitrogens with zero attached hydrogens (tertiary/aromatic N) is 4. The maximum atomic E-state index is 10.4. The first-order chi connectivity index (χ1) is 24.7. The first kappa shape index (κ1) is 29.3. The van der Waals surface area contributed by atoms with E-state index in [9.17, 15) is 10.5 Å². The molecule has 0 aliphatic rings. The van der Waals surface area contributed by atoms with Gasteiger partial charge in [-0.05, 0) is 95.4 Å². The summed E-state index contributed by atoms with van der Waals surface area (Å²) in [6, 6.07) is 57.4. The van der Waals surface area contributed by atoms with Gasteiger partial charge in [0.15, 0.2) is 0 Å². The molecule has 4 nitrogen and oxygen atoms in total. The number of aromatic nitrogens is 2. The van der Waals surface area contributed by atoms with Gasteiger partial charge in [0.25, 0.3) is 0 Å². The van der Waals surface area contributed by atoms with Crippen molar-refractivity contribution in [1.82, 2.24) is 9.13 Å². The predicted molar refractivity (Wildman–Crippen MR) is 205 cm³/mol. The highest BCUT2D eigenvalue weighted by Gasteiger charge is 2.19. The zero-order chi connectivity index (χ0) is 33.8. The van der Waals surface area contributed by atoms with Crippen LogP contribution in [0.1, 0.15) is 23.6 Å². The summed E-state index contributed by atoms with van der Waals surface area (Å²) in [4.78, 5) is 0. The molecule has 0 spiro atoms. The van der Waals surface area contributed by atoms with Gasteiger partial charge in [-0.1, -0.05) is 91.9 Å². The fourth-order valence-electron chi connectivity index (χ4n) is 7.73. The van der Waals surface area contributed by atoms with E-state index in [0.717, 1.165) is 56.2 Å². The zero-order valence-electron chi connectivity index (χ0n) is 27.4. The maximum Gasteiger partial charge on any atom is 0.0998 e. The van der Waals surface area contributed by atoms with Crippen molar-refractivity contribution in [3.05, 3.63) is 168 Å². The number of hydrogen-bond acceptors (Lipinski definition) is 2. The van der Waals surface area contributed by atoms with Gasteiger partial charge in [0.2, 0.25) is 0 Å². The first-order valence-corrected chi connectivity index (χ1v) is 16.9. The van der Waals surface area contributed by atoms with E-state index < -0.39 is 0 Å². The van der Waals surface area contributed by atoms with E-state index >= 15 is 0 Å². The fourth-order valence-corrected chi connectivity index (χ4v) is 7.73. The van der Waals surface area contributed by atoms with E-state index in [-0.39, 0.29) is 0 Å². The molecule has 0 aliphatic carbocycles. The summed E-state index contributed by atoms with van der Waals surface area (Å²) in [5.74, 6) is 0. The molecule has 9 aromatic rings. The average Bonchev–Trinajstić information content (AvgIpc) is 3.69. The molecule has 0 amide bonds. The van der Waals surface area contributed by atoms with Crippen molar-refractivity contribution in [3.63, 3.8) is 0 Å². The van der Waals surface area contributed by atoms with Crippen LogP contribution in [0.3, 0.4) is 0 Å². The van der Waals surface area contributed by atoms with E-state index in [0.29, 0.717) is 11.1 Å². The second-order valence-corrected chi connectivity index (χ2v) is 12.7. The number of hydrogen-bond donors (Lipinski definition) is 0. The minimum Gasteiger partial charge on any atom is -0.309 e. The summed E-state index contributed by atoms with van der Waals surface area (Å²) < 4.78 is 4.62. The largest absolute Gasteiger partial charge is 0.309 e. The minimum absolute atomic E-state index is 0.607. The third kappa shape index (κ3) is 4.44. The SMILES string of the molecule is CCc1cc(-c2cccc(-c3c(C#N)cccc3-n3c4ccccc4c4cc(C#N)ccc43)c2)ccc1-n1c2ccccc2c2ccccc21. The smallest absolute Gasteiger partial charge is 0.0998 e. The van der Waals surface area contributed by atoms with Crippen molar-refractivity contribution in [1.29, 1.82) is 10.5 Å². The lowest BCUT2D eigenvalue weighted by Gasteiger charge is -2.17. The van der Waals surface area contributed by atoms with Gasteiger partial charge in [-0.3, -0.25) is 0 Å². The van der Waals surface area contributed by atoms with Crippen LogP contribution in [0.4, 0.5) is 0 Å². The number of nitriles is 2. The highest BCUT2D eigenvalue weighted by Crippen LogP contribution is 2.40. The number of benzene rings is 7. The van der Waals surface area contributed by atoms with Crippen LogP contribution in [-0.2, 0) is 6.42 Å². The number of para-hydroxylation sites is 3. The molecular weight excluding hydrogens is 609 g/mol. The molecule has 234 valence electrons. The summed E-state index contributed by atoms with van der Waals surface area (Å²) >= 11 is 0. The highest BCUT2D eigenvalue weighted by molar-refractivity contribution is 6.11. The molecule has 50 heavy (non-hydrogen) atoms. The molecule has 0 bridgehead atoms. The van der Waals surface area contributed by atoms with E-state index in [1.165, 1.54) is 33.1 Å². The molecule has 9 rings (SSSR count). The lowest BCUT2D eigenvalue weighted by atomic mass is 9.93. The highest BCUT2D eigenvalue weighted by atomic mass is 15.0. The van der Waals surface area contributed by atoms with Gasteiger partial charge in [-0.15, -0.1) is 0 Å². The topological polar surface area (TPSA) is 57.4 Å². The molecule has 0 saturated carbocycles. The van der Waals surface area contributed by atoms with E-state index in [1.54, 1.807) is 0 Å². The van der Waals surface area contributed by atoms with Crippen LogP contribution in [0.2, 0.25) is 0 Å². The second-order valence-electron chi connectivity index (χ2n) is 12.7. The van der Waals surface area contributed by atoms with E-state index in [1.807, 2.05) is 42.5 Å². The summed E-state index contributed by atoms with van der Waals surface area (Å²) in [5.41, 5.74) is 13.1. The van der Waals surface area contributed by atoms with Crippen LogP contribution in [-0.4, -0.2) is 9.13 Å². The van der Waals surface area contributed by atoms with Gasteiger partial charge in [0.1, 0.15) is 0 Å². The predicted octanol–water partition coefficient (Wildman–Crippen LogP) is 11.5. The Morgan fingerprint density at radius 3 is 1.70 bits per heavy atom. The lowest BCUT2D eigenvalue weighted by Crippen LogP contribution is -2.00. The quantitative estimate of drug-likeness (QED) is 0.188. The third-order valence-corrected chi connectivity index (χ3v) is 9.97. The van der Waals surface area contributed by atoms with Gasteiger partial charge < -0.3 is 9.13 Å². The van der Waals surface area contributed by atoms with Crippen molar-refractivity contribution >= 4 is 43.6 Å². The Bertz CT molecular complexity index is 2840. The number of fused-ring (bicyclic) bond motifs is 6. The van der Waals surface area contributed by atoms with Gasteiger partial charge >= 0.3 is 0 Å². The number of rotatable bonds is 5. The van der Waals surface area contributed by atoms with Gasteiger partial charge in [-0.2, -0.15) is 10.5 Å². The molecule has 7 aromatic carbocycles. The molecule has 2 heterocycles. The van der Waals surface area contributed by atoms with Crippen LogP contribution < -0.4 is 0 Å². The fraction of sp³-hybridized carbons (Fsp3) is 0.0435. The molecule has 0 atom stereocenters. The van der Waals surface area contributed by atoms with Gasteiger partial charge in [0, 0.05) is 32.8 Å². The Morgan fingerprint density at radius 1 is 0.460 bits per heavy atom. The standard InChI is InChI=1S/C46H30N4/c1-2-31-26-33(22-24-40(31)49-41-17-6-3-14-36(41)37-15-4-7-18-42(37)49)32-11-9-12-34(27-32)46-35(29-48)13-10-20-45(46)50-43-19-8-5-16-38(43)39-25-30(28-47)21-23-44(39)50/h3-27H,2H2,1H3. The normalized spacial score (nSPS) is 11.3. The van der Waals surface area contributed by atoms with Crippen molar-refractivity contribution < 1.29 is 0 Å². The van der Waals surface area contributed by atoms with Crippen LogP contribution in [0.5, 0.6) is 0 Å². The molecule has 0 fully saturated rings. The molecule has 2 aromatic heterocycles. The minimum atomic E-state index is 0.607. The zero-order valence-corrected chi connectivity index (χ0v) is 27.4. The van der Waals surface area contributed by atoms with Crippen LogP contribution in [0.25, 0.3) is 77.2 Å². The Balaban J connectivity index is 1.22. The molecule has 0 saturated heterocycles. The molecular formula is C46H30N4. The van der Waals surface area contributed by atoms with Gasteiger partial charge in [-0.25, -0.2) is 0 Å². The Morgan fingerprint density at radius 2 is 1.04 bits per heavy atom. The summed E-state index contributed by atoms with van der Waals surface area (Å²) in [5, 5.41) is 24.7. The first-order valence-electron chi connectivity index (χ1n) is 16.9. The monoisotopic (exact) mass is 638 g/mol.